The number of rotatable bonds is 3. The highest BCUT2D eigenvalue weighted by atomic mass is 32.2. The molecule has 28 heavy (non-hydrogen) atoms. The number of nitrogens with one attached hydrogen (secondary N) is 1. The van der Waals surface area contributed by atoms with Crippen LogP contribution in [0, 0.1) is 19.3 Å². The van der Waals surface area contributed by atoms with Gasteiger partial charge in [-0.05, 0) is 50.6 Å². The zero-order valence-corrected chi connectivity index (χ0v) is 16.9. The zero-order chi connectivity index (χ0) is 20.0. The van der Waals surface area contributed by atoms with Crippen LogP contribution in [0.15, 0.2) is 52.0 Å². The summed E-state index contributed by atoms with van der Waals surface area (Å²) in [5, 5.41) is 9.02. The SMILES string of the molecule is COc1ccccc1-n1c(C)cc(C=C2C(=N)N3C=C(C)SC3=NC2=O)c1C. The number of aliphatic imine (C=N–C) groups is 1. The third kappa shape index (κ3) is 2.88. The molecule has 0 atom stereocenters. The molecule has 2 aromatic rings. The number of carbonyl (C=O) groups is 1. The van der Waals surface area contributed by atoms with E-state index in [-0.39, 0.29) is 17.3 Å². The molecule has 7 heteroatoms. The van der Waals surface area contributed by atoms with Crippen LogP contribution in [0.5, 0.6) is 5.75 Å². The molecule has 2 aliphatic rings. The lowest BCUT2D eigenvalue weighted by molar-refractivity contribution is -0.114. The van der Waals surface area contributed by atoms with E-state index in [9.17, 15) is 4.79 Å². The average Bonchev–Trinajstić information content (AvgIpc) is 3.17. The molecule has 1 N–H and O–H groups in total. The van der Waals surface area contributed by atoms with Crippen molar-refractivity contribution < 1.29 is 9.53 Å². The first-order valence-corrected chi connectivity index (χ1v) is 9.64. The molecule has 1 amide bonds. The van der Waals surface area contributed by atoms with Gasteiger partial charge in [0.2, 0.25) is 0 Å². The van der Waals surface area contributed by atoms with E-state index in [1.165, 1.54) is 11.8 Å². The Morgan fingerprint density at radius 3 is 2.71 bits per heavy atom. The molecule has 3 heterocycles. The van der Waals surface area contributed by atoms with Crippen LogP contribution >= 0.6 is 11.8 Å². The van der Waals surface area contributed by atoms with Crippen LogP contribution in [-0.4, -0.2) is 33.5 Å². The van der Waals surface area contributed by atoms with Crippen LogP contribution in [0.2, 0.25) is 0 Å². The van der Waals surface area contributed by atoms with Gasteiger partial charge in [-0.25, -0.2) is 0 Å². The van der Waals surface area contributed by atoms with Gasteiger partial charge in [-0.1, -0.05) is 23.9 Å². The van der Waals surface area contributed by atoms with E-state index in [0.29, 0.717) is 5.17 Å². The highest BCUT2D eigenvalue weighted by Crippen LogP contribution is 2.34. The maximum atomic E-state index is 12.5. The van der Waals surface area contributed by atoms with Gasteiger partial charge >= 0.3 is 0 Å². The van der Waals surface area contributed by atoms with Gasteiger partial charge < -0.3 is 9.30 Å². The van der Waals surface area contributed by atoms with Gasteiger partial charge in [0.15, 0.2) is 5.17 Å². The number of amidine groups is 2. The lowest BCUT2D eigenvalue weighted by atomic mass is 10.1. The highest BCUT2D eigenvalue weighted by molar-refractivity contribution is 8.17. The maximum Gasteiger partial charge on any atom is 0.283 e. The molecular formula is C21H20N4O2S. The molecule has 142 valence electrons. The number of aromatic nitrogens is 1. The zero-order valence-electron chi connectivity index (χ0n) is 16.1. The molecule has 4 rings (SSSR count). The fourth-order valence-corrected chi connectivity index (χ4v) is 4.29. The van der Waals surface area contributed by atoms with E-state index in [4.69, 9.17) is 10.1 Å². The predicted octanol–water partition coefficient (Wildman–Crippen LogP) is 4.27. The van der Waals surface area contributed by atoms with Crippen molar-refractivity contribution in [1.82, 2.24) is 9.47 Å². The van der Waals surface area contributed by atoms with Crippen molar-refractivity contribution >= 4 is 34.7 Å². The molecule has 0 radical (unpaired) electrons. The van der Waals surface area contributed by atoms with Crippen molar-refractivity contribution in [3.8, 4) is 11.4 Å². The number of hydrogen-bond donors (Lipinski definition) is 1. The van der Waals surface area contributed by atoms with Gasteiger partial charge in [0.05, 0.1) is 18.4 Å². The average molecular weight is 392 g/mol. The van der Waals surface area contributed by atoms with E-state index >= 15 is 0 Å². The molecule has 0 bridgehead atoms. The number of amides is 1. The molecule has 0 aliphatic carbocycles. The Bertz CT molecular complexity index is 1110. The van der Waals surface area contributed by atoms with E-state index in [1.54, 1.807) is 18.1 Å². The monoisotopic (exact) mass is 392 g/mol. The number of aryl methyl sites for hydroxylation is 1. The summed E-state index contributed by atoms with van der Waals surface area (Å²) in [4.78, 5) is 19.4. The number of fused-ring (bicyclic) bond motifs is 1. The van der Waals surface area contributed by atoms with Crippen LogP contribution in [0.3, 0.4) is 0 Å². The third-order valence-corrected chi connectivity index (χ3v) is 5.69. The summed E-state index contributed by atoms with van der Waals surface area (Å²) in [6.45, 7) is 5.94. The first kappa shape index (κ1) is 18.3. The van der Waals surface area contributed by atoms with Crippen LogP contribution in [0.25, 0.3) is 11.8 Å². The minimum Gasteiger partial charge on any atom is -0.495 e. The quantitative estimate of drug-likeness (QED) is 0.792. The Labute approximate surface area is 167 Å². The summed E-state index contributed by atoms with van der Waals surface area (Å²) in [6, 6.07) is 9.82. The third-order valence-electron chi connectivity index (χ3n) is 4.79. The minimum atomic E-state index is -0.381. The van der Waals surface area contributed by atoms with E-state index in [0.717, 1.165) is 33.3 Å². The van der Waals surface area contributed by atoms with Crippen molar-refractivity contribution in [1.29, 1.82) is 5.41 Å². The number of para-hydroxylation sites is 2. The highest BCUT2D eigenvalue weighted by Gasteiger charge is 2.33. The number of benzene rings is 1. The van der Waals surface area contributed by atoms with E-state index in [2.05, 4.69) is 9.56 Å². The van der Waals surface area contributed by atoms with E-state index in [1.807, 2.05) is 57.3 Å². The van der Waals surface area contributed by atoms with Gasteiger partial charge in [0, 0.05) is 22.5 Å². The second-order valence-corrected chi connectivity index (χ2v) is 7.86. The second-order valence-electron chi connectivity index (χ2n) is 6.65. The summed E-state index contributed by atoms with van der Waals surface area (Å²) in [6.07, 6.45) is 3.59. The largest absolute Gasteiger partial charge is 0.495 e. The van der Waals surface area contributed by atoms with Gasteiger partial charge in [0.1, 0.15) is 11.6 Å². The summed E-state index contributed by atoms with van der Waals surface area (Å²) in [5.41, 5.74) is 4.08. The van der Waals surface area contributed by atoms with Gasteiger partial charge in [-0.3, -0.25) is 15.1 Å². The summed E-state index contributed by atoms with van der Waals surface area (Å²) in [5.74, 6) is 0.546. The first-order valence-electron chi connectivity index (χ1n) is 8.82. The number of nitrogens with zero attached hydrogens (tertiary/aromatic N) is 3. The second kappa shape index (κ2) is 6.83. The van der Waals surface area contributed by atoms with Crippen molar-refractivity contribution in [2.75, 3.05) is 7.11 Å². The topological polar surface area (TPSA) is 70.7 Å². The molecule has 1 aromatic carbocycles. The lowest BCUT2D eigenvalue weighted by Gasteiger charge is -2.22. The molecular weight excluding hydrogens is 372 g/mol. The smallest absolute Gasteiger partial charge is 0.283 e. The van der Waals surface area contributed by atoms with Crippen molar-refractivity contribution in [2.45, 2.75) is 20.8 Å². The minimum absolute atomic E-state index is 0.154. The van der Waals surface area contributed by atoms with Gasteiger partial charge in [0.25, 0.3) is 5.91 Å². The van der Waals surface area contributed by atoms with Crippen LogP contribution in [0.4, 0.5) is 0 Å². The lowest BCUT2D eigenvalue weighted by Crippen LogP contribution is -2.35. The number of ether oxygens (including phenoxy) is 1. The molecule has 0 unspecified atom stereocenters. The number of hydrogen-bond acceptors (Lipinski definition) is 4. The van der Waals surface area contributed by atoms with Gasteiger partial charge in [-0.15, -0.1) is 0 Å². The molecule has 2 aliphatic heterocycles. The van der Waals surface area contributed by atoms with Crippen molar-refractivity contribution in [2.24, 2.45) is 4.99 Å². The van der Waals surface area contributed by atoms with Crippen molar-refractivity contribution in [3.05, 3.63) is 64.0 Å². The predicted molar refractivity (Wildman–Crippen MR) is 113 cm³/mol. The van der Waals surface area contributed by atoms with Crippen molar-refractivity contribution in [3.63, 3.8) is 0 Å². The first-order chi connectivity index (χ1) is 13.4. The van der Waals surface area contributed by atoms with E-state index < -0.39 is 0 Å². The Kier molecular flexibility index (Phi) is 4.47. The molecule has 1 aromatic heterocycles. The molecule has 0 spiro atoms. The molecule has 6 nitrogen and oxygen atoms in total. The normalized spacial score (nSPS) is 17.7. The standard InChI is InChI=1S/C21H20N4O2S/c1-12-9-15(14(3)25(12)17-7-5-6-8-18(17)27-4)10-16-19(22)24-11-13(2)28-21(24)23-20(16)26/h5-11,22H,1-4H3. The van der Waals surface area contributed by atoms with Crippen LogP contribution in [0.1, 0.15) is 23.9 Å². The number of thioether (sulfide) groups is 1. The Hall–Kier alpha value is -3.06. The van der Waals surface area contributed by atoms with Crippen LogP contribution < -0.4 is 4.74 Å². The Morgan fingerprint density at radius 2 is 1.96 bits per heavy atom. The molecule has 0 fully saturated rings. The fraction of sp³-hybridized carbons (Fsp3) is 0.190. The summed E-state index contributed by atoms with van der Waals surface area (Å²) in [7, 11) is 1.65. The number of methoxy groups -OCH3 is 1. The maximum absolute atomic E-state index is 12.5. The Balaban J connectivity index is 1.80. The fourth-order valence-electron chi connectivity index (χ4n) is 3.48. The van der Waals surface area contributed by atoms with Gasteiger partial charge in [-0.2, -0.15) is 4.99 Å². The summed E-state index contributed by atoms with van der Waals surface area (Å²) >= 11 is 1.41. The molecule has 0 saturated carbocycles. The molecule has 0 saturated heterocycles. The number of carbonyl (C=O) groups excluding carboxylic acids is 1. The van der Waals surface area contributed by atoms with Crippen LogP contribution in [-0.2, 0) is 4.79 Å². The summed E-state index contributed by atoms with van der Waals surface area (Å²) < 4.78 is 7.59. The Morgan fingerprint density at radius 1 is 1.21 bits per heavy atom. The number of allylic oxidation sites excluding steroid dienone is 1.